The Hall–Kier alpha value is -3.49. The van der Waals surface area contributed by atoms with Crippen molar-refractivity contribution in [2.45, 2.75) is 20.8 Å². The molecule has 2 heterocycles. The van der Waals surface area contributed by atoms with E-state index in [1.165, 1.54) is 0 Å². The molecule has 0 fully saturated rings. The number of hydrogen-bond acceptors (Lipinski definition) is 6. The maximum Gasteiger partial charge on any atom is 0.301 e. The number of H-pyrrole nitrogens is 2. The average Bonchev–Trinajstić information content (AvgIpc) is 2.92. The second kappa shape index (κ2) is 7.02. The monoisotopic (exact) mass is 367 g/mol. The SMILES string of the molecule is Cc1nc(-n2[nH]c(C)c(N=Nc3ccc(N(C)C)cc3)c2=O)[nH]c(=O)c1C. The quantitative estimate of drug-likeness (QED) is 0.690. The van der Waals surface area contributed by atoms with Crippen LogP contribution in [0.25, 0.3) is 5.95 Å². The number of nitrogens with one attached hydrogen (secondary N) is 2. The fraction of sp³-hybridized carbons (Fsp3) is 0.278. The summed E-state index contributed by atoms with van der Waals surface area (Å²) in [4.78, 5) is 33.5. The average molecular weight is 367 g/mol. The topological polar surface area (TPSA) is 112 Å². The van der Waals surface area contributed by atoms with E-state index >= 15 is 0 Å². The number of aromatic amines is 2. The molecule has 1 aromatic carbocycles. The summed E-state index contributed by atoms with van der Waals surface area (Å²) in [7, 11) is 3.90. The Morgan fingerprint density at radius 1 is 1.04 bits per heavy atom. The van der Waals surface area contributed by atoms with Crippen molar-refractivity contribution in [1.82, 2.24) is 19.7 Å². The van der Waals surface area contributed by atoms with Crippen molar-refractivity contribution in [3.05, 3.63) is 61.9 Å². The third kappa shape index (κ3) is 3.57. The van der Waals surface area contributed by atoms with Crippen LogP contribution in [-0.2, 0) is 0 Å². The van der Waals surface area contributed by atoms with Gasteiger partial charge in [0.25, 0.3) is 5.56 Å². The van der Waals surface area contributed by atoms with Gasteiger partial charge in [0.1, 0.15) is 0 Å². The van der Waals surface area contributed by atoms with Crippen LogP contribution in [0.4, 0.5) is 17.1 Å². The van der Waals surface area contributed by atoms with Crippen molar-refractivity contribution in [1.29, 1.82) is 0 Å². The number of rotatable bonds is 4. The molecule has 9 heteroatoms. The molecular formula is C18H21N7O2. The van der Waals surface area contributed by atoms with E-state index in [4.69, 9.17) is 0 Å². The van der Waals surface area contributed by atoms with Gasteiger partial charge in [0.2, 0.25) is 5.95 Å². The smallest absolute Gasteiger partial charge is 0.301 e. The number of benzene rings is 1. The van der Waals surface area contributed by atoms with Crippen LogP contribution in [0.15, 0.2) is 44.1 Å². The van der Waals surface area contributed by atoms with E-state index in [0.717, 1.165) is 10.4 Å². The molecule has 0 spiro atoms. The molecule has 140 valence electrons. The zero-order chi connectivity index (χ0) is 19.7. The molecule has 0 aliphatic rings. The molecule has 0 saturated carbocycles. The standard InChI is InChI=1S/C18H21N7O2/c1-10-11(2)19-18(20-16(10)26)25-17(27)15(12(3)23-25)22-21-13-6-8-14(9-7-13)24(4)5/h6-9,23H,1-5H3,(H,19,20,26). The number of anilines is 1. The minimum absolute atomic E-state index is 0.119. The van der Waals surface area contributed by atoms with Crippen molar-refractivity contribution in [3.8, 4) is 5.95 Å². The lowest BCUT2D eigenvalue weighted by molar-refractivity contribution is 0.759. The molecule has 0 unspecified atom stereocenters. The lowest BCUT2D eigenvalue weighted by Crippen LogP contribution is -2.23. The van der Waals surface area contributed by atoms with Gasteiger partial charge in [-0.15, -0.1) is 5.11 Å². The minimum Gasteiger partial charge on any atom is -0.378 e. The van der Waals surface area contributed by atoms with Crippen LogP contribution < -0.4 is 16.0 Å². The van der Waals surface area contributed by atoms with E-state index in [1.54, 1.807) is 20.8 Å². The molecule has 0 amide bonds. The van der Waals surface area contributed by atoms with Crippen molar-refractivity contribution < 1.29 is 0 Å². The molecule has 0 atom stereocenters. The highest BCUT2D eigenvalue weighted by atomic mass is 16.1. The number of aryl methyl sites for hydroxylation is 2. The zero-order valence-corrected chi connectivity index (χ0v) is 15.9. The lowest BCUT2D eigenvalue weighted by Gasteiger charge is -2.11. The summed E-state index contributed by atoms with van der Waals surface area (Å²) in [6.45, 7) is 5.10. The fourth-order valence-electron chi connectivity index (χ4n) is 2.47. The van der Waals surface area contributed by atoms with Gasteiger partial charge in [0, 0.05) is 31.0 Å². The van der Waals surface area contributed by atoms with E-state index < -0.39 is 5.56 Å². The molecule has 3 rings (SSSR count). The van der Waals surface area contributed by atoms with Crippen LogP contribution >= 0.6 is 0 Å². The predicted octanol–water partition coefficient (Wildman–Crippen LogP) is 2.66. The van der Waals surface area contributed by atoms with Gasteiger partial charge in [0.15, 0.2) is 5.69 Å². The molecule has 27 heavy (non-hydrogen) atoms. The van der Waals surface area contributed by atoms with Gasteiger partial charge in [-0.25, -0.2) is 4.98 Å². The van der Waals surface area contributed by atoms with Crippen molar-refractivity contribution in [2.24, 2.45) is 10.2 Å². The number of nitrogens with zero attached hydrogens (tertiary/aromatic N) is 5. The van der Waals surface area contributed by atoms with E-state index in [2.05, 4.69) is 25.3 Å². The van der Waals surface area contributed by atoms with Crippen molar-refractivity contribution in [2.75, 3.05) is 19.0 Å². The van der Waals surface area contributed by atoms with E-state index in [1.807, 2.05) is 43.3 Å². The van der Waals surface area contributed by atoms with E-state index in [0.29, 0.717) is 22.6 Å². The Labute approximate surface area is 155 Å². The highest BCUT2D eigenvalue weighted by Gasteiger charge is 2.15. The maximum absolute atomic E-state index is 12.7. The highest BCUT2D eigenvalue weighted by molar-refractivity contribution is 5.52. The van der Waals surface area contributed by atoms with Gasteiger partial charge >= 0.3 is 5.56 Å². The number of azo groups is 1. The van der Waals surface area contributed by atoms with Gasteiger partial charge in [0.05, 0.1) is 11.4 Å². The van der Waals surface area contributed by atoms with Crippen LogP contribution in [0.2, 0.25) is 0 Å². The molecular weight excluding hydrogens is 346 g/mol. The molecule has 0 bridgehead atoms. The zero-order valence-electron chi connectivity index (χ0n) is 15.9. The highest BCUT2D eigenvalue weighted by Crippen LogP contribution is 2.21. The lowest BCUT2D eigenvalue weighted by atomic mass is 10.3. The second-order valence-electron chi connectivity index (χ2n) is 6.44. The molecule has 0 aliphatic carbocycles. The number of aromatic nitrogens is 4. The van der Waals surface area contributed by atoms with Crippen LogP contribution in [0.5, 0.6) is 0 Å². The molecule has 9 nitrogen and oxygen atoms in total. The molecule has 3 aromatic rings. The summed E-state index contributed by atoms with van der Waals surface area (Å²) in [5.41, 5.74) is 2.69. The third-order valence-corrected chi connectivity index (χ3v) is 4.27. The van der Waals surface area contributed by atoms with Crippen LogP contribution in [0.1, 0.15) is 17.0 Å². The minimum atomic E-state index is -0.437. The number of hydrogen-bond donors (Lipinski definition) is 2. The Kier molecular flexibility index (Phi) is 4.76. The van der Waals surface area contributed by atoms with Crippen LogP contribution in [0.3, 0.4) is 0 Å². The Bertz CT molecular complexity index is 1120. The van der Waals surface area contributed by atoms with Crippen molar-refractivity contribution in [3.63, 3.8) is 0 Å². The fourth-order valence-corrected chi connectivity index (χ4v) is 2.47. The van der Waals surface area contributed by atoms with E-state index in [9.17, 15) is 9.59 Å². The predicted molar refractivity (Wildman–Crippen MR) is 104 cm³/mol. The molecule has 0 radical (unpaired) electrons. The summed E-state index contributed by atoms with van der Waals surface area (Å²) < 4.78 is 1.16. The molecule has 0 aliphatic heterocycles. The van der Waals surface area contributed by atoms with Gasteiger partial charge < -0.3 is 4.90 Å². The Morgan fingerprint density at radius 3 is 2.30 bits per heavy atom. The van der Waals surface area contributed by atoms with Gasteiger partial charge in [-0.2, -0.15) is 9.80 Å². The second-order valence-corrected chi connectivity index (χ2v) is 6.44. The summed E-state index contributed by atoms with van der Waals surface area (Å²) in [5.74, 6) is 0.119. The maximum atomic E-state index is 12.7. The normalized spacial score (nSPS) is 11.3. The first-order valence-electron chi connectivity index (χ1n) is 8.36. The van der Waals surface area contributed by atoms with Gasteiger partial charge in [-0.3, -0.25) is 19.7 Å². The van der Waals surface area contributed by atoms with Gasteiger partial charge in [-0.1, -0.05) is 0 Å². The summed E-state index contributed by atoms with van der Waals surface area (Å²) >= 11 is 0. The van der Waals surface area contributed by atoms with E-state index in [-0.39, 0.29) is 17.2 Å². The molecule has 2 aromatic heterocycles. The van der Waals surface area contributed by atoms with Gasteiger partial charge in [-0.05, 0) is 45.0 Å². The van der Waals surface area contributed by atoms with Crippen LogP contribution in [-0.4, -0.2) is 33.8 Å². The first-order valence-corrected chi connectivity index (χ1v) is 8.36. The van der Waals surface area contributed by atoms with Crippen molar-refractivity contribution >= 4 is 17.1 Å². The Balaban J connectivity index is 1.97. The third-order valence-electron chi connectivity index (χ3n) is 4.27. The molecule has 2 N–H and O–H groups in total. The molecule has 0 saturated heterocycles. The summed E-state index contributed by atoms with van der Waals surface area (Å²) in [6, 6.07) is 7.48. The Morgan fingerprint density at radius 2 is 1.70 bits per heavy atom. The van der Waals surface area contributed by atoms with Crippen LogP contribution in [0, 0.1) is 20.8 Å². The summed E-state index contributed by atoms with van der Waals surface area (Å²) in [5, 5.41) is 11.1. The summed E-state index contributed by atoms with van der Waals surface area (Å²) in [6.07, 6.45) is 0. The first-order chi connectivity index (χ1) is 12.8. The first kappa shape index (κ1) is 18.3. The largest absolute Gasteiger partial charge is 0.378 e.